The zero-order valence-corrected chi connectivity index (χ0v) is 16.2. The van der Waals surface area contributed by atoms with E-state index in [1.807, 2.05) is 43.6 Å². The Hall–Kier alpha value is -3.88. The number of aromatic amines is 2. The van der Waals surface area contributed by atoms with Gasteiger partial charge < -0.3 is 4.90 Å². The third-order valence-corrected chi connectivity index (χ3v) is 5.07. The van der Waals surface area contributed by atoms with Crippen molar-refractivity contribution in [3.8, 4) is 22.6 Å². The van der Waals surface area contributed by atoms with Gasteiger partial charge >= 0.3 is 0 Å². The SMILES string of the molecule is CC(C)N(C)c1nc2cc(-c3nn[nH]n3)ccc2nc1-c1ccc2[nH]ncc2c1. The highest BCUT2D eigenvalue weighted by Gasteiger charge is 2.18. The van der Waals surface area contributed by atoms with E-state index in [1.165, 1.54) is 0 Å². The summed E-state index contributed by atoms with van der Waals surface area (Å²) in [4.78, 5) is 12.1. The molecule has 0 aliphatic carbocycles. The molecule has 144 valence electrons. The Morgan fingerprint density at radius 3 is 2.62 bits per heavy atom. The summed E-state index contributed by atoms with van der Waals surface area (Å²) >= 11 is 0. The molecule has 2 aromatic carbocycles. The maximum atomic E-state index is 4.96. The monoisotopic (exact) mass is 385 g/mol. The zero-order chi connectivity index (χ0) is 20.0. The molecular weight excluding hydrogens is 366 g/mol. The van der Waals surface area contributed by atoms with E-state index in [0.29, 0.717) is 5.82 Å². The van der Waals surface area contributed by atoms with Crippen molar-refractivity contribution in [3.05, 3.63) is 42.6 Å². The van der Waals surface area contributed by atoms with Crippen LogP contribution in [-0.2, 0) is 0 Å². The number of aromatic nitrogens is 8. The van der Waals surface area contributed by atoms with Crippen LogP contribution in [0, 0.1) is 0 Å². The standard InChI is InChI=1S/C20H19N9/c1-11(2)29(3)20-18(12-4-6-15-14(8-12)10-21-24-15)22-16-7-5-13(9-17(16)23-20)19-25-27-28-26-19/h4-11H,1-3H3,(H,21,24)(H,25,26,27,28). The van der Waals surface area contributed by atoms with Crippen LogP contribution in [0.3, 0.4) is 0 Å². The van der Waals surface area contributed by atoms with Crippen LogP contribution in [0.15, 0.2) is 42.6 Å². The van der Waals surface area contributed by atoms with Gasteiger partial charge in [0.1, 0.15) is 5.69 Å². The molecule has 0 aliphatic heterocycles. The highest BCUT2D eigenvalue weighted by atomic mass is 15.5. The molecule has 9 heteroatoms. The summed E-state index contributed by atoms with van der Waals surface area (Å²) in [5, 5.41) is 22.4. The first kappa shape index (κ1) is 17.2. The molecule has 29 heavy (non-hydrogen) atoms. The van der Waals surface area contributed by atoms with Gasteiger partial charge in [0, 0.05) is 29.6 Å². The Balaban J connectivity index is 1.72. The number of anilines is 1. The second kappa shape index (κ2) is 6.62. The Bertz CT molecular complexity index is 1300. The van der Waals surface area contributed by atoms with Crippen molar-refractivity contribution >= 4 is 27.8 Å². The van der Waals surface area contributed by atoms with Crippen molar-refractivity contribution in [1.82, 2.24) is 40.8 Å². The van der Waals surface area contributed by atoms with Crippen LogP contribution in [0.2, 0.25) is 0 Å². The quantitative estimate of drug-likeness (QED) is 0.488. The smallest absolute Gasteiger partial charge is 0.204 e. The summed E-state index contributed by atoms with van der Waals surface area (Å²) in [6, 6.07) is 12.2. The second-order valence-electron chi connectivity index (χ2n) is 7.21. The number of benzene rings is 2. The van der Waals surface area contributed by atoms with E-state index in [2.05, 4.69) is 55.6 Å². The summed E-state index contributed by atoms with van der Waals surface area (Å²) in [5.74, 6) is 1.35. The topological polar surface area (TPSA) is 112 Å². The minimum atomic E-state index is 0.263. The van der Waals surface area contributed by atoms with Crippen molar-refractivity contribution in [2.45, 2.75) is 19.9 Å². The second-order valence-corrected chi connectivity index (χ2v) is 7.21. The molecule has 9 nitrogen and oxygen atoms in total. The lowest BCUT2D eigenvalue weighted by Gasteiger charge is -2.25. The van der Waals surface area contributed by atoms with Gasteiger partial charge in [-0.25, -0.2) is 9.97 Å². The van der Waals surface area contributed by atoms with Gasteiger partial charge in [-0.05, 0) is 49.4 Å². The number of H-pyrrole nitrogens is 2. The largest absolute Gasteiger partial charge is 0.355 e. The number of nitrogens with zero attached hydrogens (tertiary/aromatic N) is 7. The van der Waals surface area contributed by atoms with Gasteiger partial charge in [-0.1, -0.05) is 6.07 Å². The van der Waals surface area contributed by atoms with Gasteiger partial charge in [0.25, 0.3) is 0 Å². The van der Waals surface area contributed by atoms with Crippen LogP contribution in [0.25, 0.3) is 44.6 Å². The highest BCUT2D eigenvalue weighted by Crippen LogP contribution is 2.32. The molecule has 5 rings (SSSR count). The van der Waals surface area contributed by atoms with Gasteiger partial charge in [0.05, 0.1) is 22.7 Å². The average Bonchev–Trinajstić information content (AvgIpc) is 3.43. The molecule has 0 unspecified atom stereocenters. The predicted octanol–water partition coefficient (Wildman–Crippen LogP) is 3.20. The van der Waals surface area contributed by atoms with E-state index in [0.717, 1.165) is 44.6 Å². The third kappa shape index (κ3) is 2.96. The van der Waals surface area contributed by atoms with Crippen molar-refractivity contribution in [1.29, 1.82) is 0 Å². The number of nitrogens with one attached hydrogen (secondary N) is 2. The number of fused-ring (bicyclic) bond motifs is 2. The molecule has 5 aromatic rings. The molecule has 3 heterocycles. The minimum Gasteiger partial charge on any atom is -0.355 e. The zero-order valence-electron chi connectivity index (χ0n) is 16.2. The fraction of sp³-hybridized carbons (Fsp3) is 0.200. The first-order chi connectivity index (χ1) is 14.1. The fourth-order valence-corrected chi connectivity index (χ4v) is 3.24. The molecule has 0 radical (unpaired) electrons. The van der Waals surface area contributed by atoms with E-state index in [9.17, 15) is 0 Å². The van der Waals surface area contributed by atoms with Crippen molar-refractivity contribution in [2.24, 2.45) is 0 Å². The first-order valence-corrected chi connectivity index (χ1v) is 9.32. The predicted molar refractivity (Wildman–Crippen MR) is 111 cm³/mol. The Morgan fingerprint density at radius 2 is 1.83 bits per heavy atom. The van der Waals surface area contributed by atoms with E-state index in [4.69, 9.17) is 9.97 Å². The molecule has 0 spiro atoms. The number of rotatable bonds is 4. The van der Waals surface area contributed by atoms with Crippen LogP contribution >= 0.6 is 0 Å². The molecule has 0 saturated carbocycles. The minimum absolute atomic E-state index is 0.263. The highest BCUT2D eigenvalue weighted by molar-refractivity contribution is 5.89. The van der Waals surface area contributed by atoms with E-state index < -0.39 is 0 Å². The summed E-state index contributed by atoms with van der Waals surface area (Å²) in [6.45, 7) is 4.26. The molecule has 0 aliphatic rings. The third-order valence-electron chi connectivity index (χ3n) is 5.07. The van der Waals surface area contributed by atoms with Gasteiger partial charge in [0.2, 0.25) is 5.82 Å². The van der Waals surface area contributed by atoms with Crippen LogP contribution in [0.1, 0.15) is 13.8 Å². The Kier molecular flexibility index (Phi) is 3.94. The summed E-state index contributed by atoms with van der Waals surface area (Å²) in [7, 11) is 2.03. The summed E-state index contributed by atoms with van der Waals surface area (Å²) in [5.41, 5.74) is 5.25. The Morgan fingerprint density at radius 1 is 0.966 bits per heavy atom. The molecule has 0 bridgehead atoms. The molecule has 0 saturated heterocycles. The van der Waals surface area contributed by atoms with Gasteiger partial charge in [-0.2, -0.15) is 10.3 Å². The Labute approximate surface area is 166 Å². The molecule has 0 atom stereocenters. The van der Waals surface area contributed by atoms with Crippen LogP contribution in [0.5, 0.6) is 0 Å². The average molecular weight is 385 g/mol. The van der Waals surface area contributed by atoms with Gasteiger partial charge in [-0.3, -0.25) is 5.10 Å². The van der Waals surface area contributed by atoms with Gasteiger partial charge in [-0.15, -0.1) is 10.2 Å². The lowest BCUT2D eigenvalue weighted by molar-refractivity contribution is 0.744. The van der Waals surface area contributed by atoms with Crippen molar-refractivity contribution < 1.29 is 0 Å². The molecule has 3 aromatic heterocycles. The van der Waals surface area contributed by atoms with Crippen molar-refractivity contribution in [2.75, 3.05) is 11.9 Å². The lowest BCUT2D eigenvalue weighted by atomic mass is 10.1. The molecular formula is C20H19N9. The first-order valence-electron chi connectivity index (χ1n) is 9.32. The van der Waals surface area contributed by atoms with E-state index in [-0.39, 0.29) is 6.04 Å². The summed E-state index contributed by atoms with van der Waals surface area (Å²) < 4.78 is 0. The molecule has 2 N–H and O–H groups in total. The maximum Gasteiger partial charge on any atom is 0.204 e. The number of hydrogen-bond acceptors (Lipinski definition) is 7. The van der Waals surface area contributed by atoms with Crippen LogP contribution in [0.4, 0.5) is 5.82 Å². The van der Waals surface area contributed by atoms with Gasteiger partial charge in [0.15, 0.2) is 5.82 Å². The fourth-order valence-electron chi connectivity index (χ4n) is 3.24. The van der Waals surface area contributed by atoms with Crippen LogP contribution < -0.4 is 4.90 Å². The normalized spacial score (nSPS) is 11.6. The number of tetrazole rings is 1. The van der Waals surface area contributed by atoms with Crippen LogP contribution in [-0.4, -0.2) is 53.9 Å². The molecule has 0 amide bonds. The van der Waals surface area contributed by atoms with E-state index in [1.54, 1.807) is 0 Å². The molecule has 0 fully saturated rings. The van der Waals surface area contributed by atoms with E-state index >= 15 is 0 Å². The summed E-state index contributed by atoms with van der Waals surface area (Å²) in [6.07, 6.45) is 1.82. The van der Waals surface area contributed by atoms with Crippen molar-refractivity contribution in [3.63, 3.8) is 0 Å². The lowest BCUT2D eigenvalue weighted by Crippen LogP contribution is -2.27. The number of hydrogen-bond donors (Lipinski definition) is 2. The maximum absolute atomic E-state index is 4.96.